The lowest BCUT2D eigenvalue weighted by Gasteiger charge is -2.04. The molecule has 0 spiro atoms. The highest BCUT2D eigenvalue weighted by molar-refractivity contribution is 7.85. The molecule has 0 aromatic carbocycles. The maximum Gasteiger partial charge on any atom is 0.264 e. The van der Waals surface area contributed by atoms with Gasteiger partial charge in [0.1, 0.15) is 6.29 Å². The molecule has 0 unspecified atom stereocenters. The zero-order valence-corrected chi connectivity index (χ0v) is 7.06. The molecule has 0 saturated heterocycles. The summed E-state index contributed by atoms with van der Waals surface area (Å²) in [6.07, 6.45) is 3.24. The van der Waals surface area contributed by atoms with Gasteiger partial charge in [0.25, 0.3) is 10.1 Å². The molecule has 1 rings (SSSR count). The van der Waals surface area contributed by atoms with Crippen molar-refractivity contribution in [1.29, 1.82) is 0 Å². The Balaban J connectivity index is 2.39. The van der Waals surface area contributed by atoms with E-state index in [-0.39, 0.29) is 6.61 Å². The molecule has 0 aromatic rings. The van der Waals surface area contributed by atoms with Crippen molar-refractivity contribution in [2.45, 2.75) is 12.8 Å². The van der Waals surface area contributed by atoms with E-state index < -0.39 is 15.5 Å². The molecule has 0 radical (unpaired) electrons. The summed E-state index contributed by atoms with van der Waals surface area (Å²) in [7, 11) is -3.39. The molecule has 0 aromatic heterocycles. The summed E-state index contributed by atoms with van der Waals surface area (Å²) in [6.45, 7) is 0.00926. The summed E-state index contributed by atoms with van der Waals surface area (Å²) in [5, 5.41) is 0. The fourth-order valence-electron chi connectivity index (χ4n) is 0.681. The summed E-state index contributed by atoms with van der Waals surface area (Å²) in [5.74, 6) is 0. The van der Waals surface area contributed by atoms with Gasteiger partial charge in [-0.2, -0.15) is 8.42 Å². The van der Waals surface area contributed by atoms with Crippen molar-refractivity contribution in [3.63, 3.8) is 0 Å². The molecule has 0 aliphatic heterocycles. The van der Waals surface area contributed by atoms with E-state index in [0.29, 0.717) is 0 Å². The first kappa shape index (κ1) is 8.67. The Labute approximate surface area is 65.7 Å². The van der Waals surface area contributed by atoms with Gasteiger partial charge in [-0.15, -0.1) is 0 Å². The summed E-state index contributed by atoms with van der Waals surface area (Å²) < 4.78 is 25.5. The maximum atomic E-state index is 10.5. The van der Waals surface area contributed by atoms with Gasteiger partial charge in [-0.1, -0.05) is 0 Å². The van der Waals surface area contributed by atoms with Gasteiger partial charge in [0.15, 0.2) is 0 Å². The molecule has 0 heterocycles. The van der Waals surface area contributed by atoms with Crippen LogP contribution in [0.3, 0.4) is 0 Å². The van der Waals surface area contributed by atoms with Gasteiger partial charge in [0, 0.05) is 0 Å². The van der Waals surface area contributed by atoms with Gasteiger partial charge in [0.05, 0.1) is 18.3 Å². The molecule has 5 heteroatoms. The topological polar surface area (TPSA) is 60.4 Å². The van der Waals surface area contributed by atoms with E-state index in [1.165, 1.54) is 0 Å². The number of hydrogen-bond donors (Lipinski definition) is 0. The Kier molecular flexibility index (Phi) is 2.02. The minimum absolute atomic E-state index is 0.00926. The minimum atomic E-state index is -3.39. The number of rotatable bonds is 4. The molecule has 0 atom stereocenters. The standard InChI is InChI=1S/C6H10O4S/c1-11(8,9)10-5-6(4-7)2-3-6/h4H,2-3,5H2,1H3. The van der Waals surface area contributed by atoms with Crippen LogP contribution < -0.4 is 0 Å². The van der Waals surface area contributed by atoms with Crippen molar-refractivity contribution in [2.75, 3.05) is 12.9 Å². The van der Waals surface area contributed by atoms with E-state index in [0.717, 1.165) is 25.4 Å². The lowest BCUT2D eigenvalue weighted by molar-refractivity contribution is -0.113. The van der Waals surface area contributed by atoms with Gasteiger partial charge in [-0.25, -0.2) is 0 Å². The number of aldehydes is 1. The smallest absolute Gasteiger partial charge is 0.264 e. The minimum Gasteiger partial charge on any atom is -0.303 e. The predicted molar refractivity (Wildman–Crippen MR) is 38.5 cm³/mol. The van der Waals surface area contributed by atoms with Crippen molar-refractivity contribution >= 4 is 16.4 Å². The average Bonchev–Trinajstić information content (AvgIpc) is 2.63. The summed E-state index contributed by atoms with van der Waals surface area (Å²) in [4.78, 5) is 10.3. The van der Waals surface area contributed by atoms with E-state index in [9.17, 15) is 13.2 Å². The molecule has 1 aliphatic rings. The van der Waals surface area contributed by atoms with Crippen LogP contribution in [0.1, 0.15) is 12.8 Å². The first-order chi connectivity index (χ1) is 4.97. The number of hydrogen-bond acceptors (Lipinski definition) is 4. The second kappa shape index (κ2) is 2.57. The van der Waals surface area contributed by atoms with Crippen molar-refractivity contribution in [2.24, 2.45) is 5.41 Å². The molecule has 1 fully saturated rings. The van der Waals surface area contributed by atoms with Gasteiger partial charge < -0.3 is 4.79 Å². The van der Waals surface area contributed by atoms with Gasteiger partial charge in [-0.3, -0.25) is 4.18 Å². The fraction of sp³-hybridized carbons (Fsp3) is 0.833. The summed E-state index contributed by atoms with van der Waals surface area (Å²) in [6, 6.07) is 0. The predicted octanol–water partition coefficient (Wildman–Crippen LogP) is -0.0583. The van der Waals surface area contributed by atoms with E-state index >= 15 is 0 Å². The molecular formula is C6H10O4S. The molecule has 11 heavy (non-hydrogen) atoms. The van der Waals surface area contributed by atoms with Crippen LogP contribution in [-0.2, 0) is 19.1 Å². The van der Waals surface area contributed by atoms with Crippen LogP contribution in [0.4, 0.5) is 0 Å². The van der Waals surface area contributed by atoms with Crippen LogP contribution in [-0.4, -0.2) is 27.6 Å². The first-order valence-corrected chi connectivity index (χ1v) is 5.10. The van der Waals surface area contributed by atoms with Crippen molar-refractivity contribution in [1.82, 2.24) is 0 Å². The lowest BCUT2D eigenvalue weighted by atomic mass is 10.2. The lowest BCUT2D eigenvalue weighted by Crippen LogP contribution is -2.15. The highest BCUT2D eigenvalue weighted by Crippen LogP contribution is 2.43. The first-order valence-electron chi connectivity index (χ1n) is 3.28. The van der Waals surface area contributed by atoms with Crippen LogP contribution in [0.2, 0.25) is 0 Å². The molecule has 4 nitrogen and oxygen atoms in total. The monoisotopic (exact) mass is 178 g/mol. The normalized spacial score (nSPS) is 21.2. The Bertz CT molecular complexity index is 250. The average molecular weight is 178 g/mol. The number of carbonyl (C=O) groups excluding carboxylic acids is 1. The van der Waals surface area contributed by atoms with E-state index in [1.54, 1.807) is 0 Å². The van der Waals surface area contributed by atoms with E-state index in [2.05, 4.69) is 4.18 Å². The van der Waals surface area contributed by atoms with Crippen LogP contribution >= 0.6 is 0 Å². The van der Waals surface area contributed by atoms with Gasteiger partial charge in [0.2, 0.25) is 0 Å². The Morgan fingerprint density at radius 3 is 2.36 bits per heavy atom. The Hall–Kier alpha value is -0.420. The zero-order valence-electron chi connectivity index (χ0n) is 6.24. The molecule has 0 amide bonds. The van der Waals surface area contributed by atoms with E-state index in [1.807, 2.05) is 0 Å². The third-order valence-corrected chi connectivity index (χ3v) is 2.25. The van der Waals surface area contributed by atoms with Crippen LogP contribution in [0.15, 0.2) is 0 Å². The molecule has 64 valence electrons. The van der Waals surface area contributed by atoms with Crippen molar-refractivity contribution < 1.29 is 17.4 Å². The quantitative estimate of drug-likeness (QED) is 0.447. The van der Waals surface area contributed by atoms with Crippen LogP contribution in [0.25, 0.3) is 0 Å². The second-order valence-electron chi connectivity index (χ2n) is 2.95. The fourth-order valence-corrected chi connectivity index (χ4v) is 1.13. The van der Waals surface area contributed by atoms with Gasteiger partial charge >= 0.3 is 0 Å². The molecular weight excluding hydrogens is 168 g/mol. The molecule has 0 N–H and O–H groups in total. The van der Waals surface area contributed by atoms with Crippen molar-refractivity contribution in [3.05, 3.63) is 0 Å². The maximum absolute atomic E-state index is 10.5. The van der Waals surface area contributed by atoms with Crippen LogP contribution in [0, 0.1) is 5.41 Å². The highest BCUT2D eigenvalue weighted by atomic mass is 32.2. The van der Waals surface area contributed by atoms with Crippen LogP contribution in [0.5, 0.6) is 0 Å². The highest BCUT2D eigenvalue weighted by Gasteiger charge is 2.43. The Morgan fingerprint density at radius 1 is 1.55 bits per heavy atom. The molecule has 1 aliphatic carbocycles. The van der Waals surface area contributed by atoms with E-state index in [4.69, 9.17) is 0 Å². The molecule has 1 saturated carbocycles. The number of carbonyl (C=O) groups is 1. The summed E-state index contributed by atoms with van der Waals surface area (Å²) >= 11 is 0. The second-order valence-corrected chi connectivity index (χ2v) is 4.59. The zero-order chi connectivity index (χ0) is 8.54. The van der Waals surface area contributed by atoms with Crippen molar-refractivity contribution in [3.8, 4) is 0 Å². The largest absolute Gasteiger partial charge is 0.303 e. The van der Waals surface area contributed by atoms with Gasteiger partial charge in [-0.05, 0) is 12.8 Å². The molecule has 0 bridgehead atoms. The SMILES string of the molecule is CS(=O)(=O)OCC1(C=O)CC1. The third-order valence-electron chi connectivity index (χ3n) is 1.70. The summed E-state index contributed by atoms with van der Waals surface area (Å²) in [5.41, 5.74) is -0.483. The third kappa shape index (κ3) is 2.59. The Morgan fingerprint density at radius 2 is 2.09 bits per heavy atom.